The summed E-state index contributed by atoms with van der Waals surface area (Å²) in [5, 5.41) is 0. The summed E-state index contributed by atoms with van der Waals surface area (Å²) in [6.07, 6.45) is 1.59. The molecule has 0 heterocycles. The monoisotopic (exact) mass is 250 g/mol. The number of hydrogen-bond acceptors (Lipinski definition) is 5. The zero-order valence-electron chi connectivity index (χ0n) is 10.2. The second-order valence-corrected chi connectivity index (χ2v) is 5.11. The van der Waals surface area contributed by atoms with E-state index in [1.165, 1.54) is 13.2 Å². The standard InChI is InChI=1S/C10H19O5P/c1-5-14-16(12,15-6-2)8-7-9(3)10(11)13-4/h7H,5-6,8H2,1-4H3. The van der Waals surface area contributed by atoms with Crippen LogP contribution in [0.3, 0.4) is 0 Å². The molecule has 0 aliphatic carbocycles. The Labute approximate surface area is 96.3 Å². The lowest BCUT2D eigenvalue weighted by atomic mass is 10.3. The second-order valence-electron chi connectivity index (χ2n) is 3.01. The Bertz CT molecular complexity index is 288. The topological polar surface area (TPSA) is 61.8 Å². The Morgan fingerprint density at radius 1 is 1.25 bits per heavy atom. The van der Waals surface area contributed by atoms with E-state index in [1.54, 1.807) is 20.8 Å². The largest absolute Gasteiger partial charge is 0.466 e. The quantitative estimate of drug-likeness (QED) is 0.394. The van der Waals surface area contributed by atoms with Crippen LogP contribution in [0.5, 0.6) is 0 Å². The van der Waals surface area contributed by atoms with Crippen molar-refractivity contribution in [2.45, 2.75) is 20.8 Å². The van der Waals surface area contributed by atoms with Gasteiger partial charge in [-0.3, -0.25) is 4.57 Å². The first-order chi connectivity index (χ1) is 7.49. The molecule has 0 aliphatic rings. The molecule has 0 aromatic rings. The first-order valence-electron chi connectivity index (χ1n) is 5.12. The van der Waals surface area contributed by atoms with Crippen LogP contribution in [-0.4, -0.2) is 32.5 Å². The van der Waals surface area contributed by atoms with Crippen molar-refractivity contribution in [3.8, 4) is 0 Å². The molecule has 0 amide bonds. The van der Waals surface area contributed by atoms with E-state index in [-0.39, 0.29) is 6.16 Å². The van der Waals surface area contributed by atoms with Gasteiger partial charge in [0.05, 0.1) is 26.5 Å². The summed E-state index contributed by atoms with van der Waals surface area (Å²) in [5.74, 6) is -0.445. The first-order valence-corrected chi connectivity index (χ1v) is 6.85. The zero-order chi connectivity index (χ0) is 12.6. The molecule has 0 aromatic heterocycles. The summed E-state index contributed by atoms with van der Waals surface area (Å²) in [5.41, 5.74) is 0.391. The lowest BCUT2D eigenvalue weighted by Gasteiger charge is -2.15. The van der Waals surface area contributed by atoms with E-state index in [0.29, 0.717) is 18.8 Å². The number of hydrogen-bond donors (Lipinski definition) is 0. The molecule has 0 aliphatic heterocycles. The molecule has 0 rings (SSSR count). The van der Waals surface area contributed by atoms with E-state index < -0.39 is 13.6 Å². The summed E-state index contributed by atoms with van der Waals surface area (Å²) in [6.45, 7) is 5.68. The van der Waals surface area contributed by atoms with Crippen LogP contribution in [0.1, 0.15) is 20.8 Å². The molecule has 0 bridgehead atoms. The maximum absolute atomic E-state index is 12.0. The Balaban J connectivity index is 4.53. The molecular weight excluding hydrogens is 231 g/mol. The van der Waals surface area contributed by atoms with E-state index in [9.17, 15) is 9.36 Å². The molecule has 94 valence electrons. The third-order valence-corrected chi connectivity index (χ3v) is 3.71. The highest BCUT2D eigenvalue weighted by atomic mass is 31.2. The molecular formula is C10H19O5P. The Morgan fingerprint density at radius 3 is 2.12 bits per heavy atom. The molecule has 0 fully saturated rings. The smallest absolute Gasteiger partial charge is 0.334 e. The van der Waals surface area contributed by atoms with Crippen LogP contribution in [0.15, 0.2) is 11.6 Å². The second kappa shape index (κ2) is 7.60. The molecule has 0 unspecified atom stereocenters. The fourth-order valence-electron chi connectivity index (χ4n) is 1.03. The number of carbonyl (C=O) groups is 1. The van der Waals surface area contributed by atoms with Crippen LogP contribution in [-0.2, 0) is 23.1 Å². The third kappa shape index (κ3) is 5.45. The molecule has 16 heavy (non-hydrogen) atoms. The SMILES string of the molecule is CCOP(=O)(CC=C(C)C(=O)OC)OCC. The van der Waals surface area contributed by atoms with Crippen molar-refractivity contribution in [3.63, 3.8) is 0 Å². The number of allylic oxidation sites excluding steroid dienone is 1. The van der Waals surface area contributed by atoms with Gasteiger partial charge in [0, 0.05) is 5.57 Å². The van der Waals surface area contributed by atoms with Crippen molar-refractivity contribution in [2.75, 3.05) is 26.5 Å². The van der Waals surface area contributed by atoms with Crippen LogP contribution < -0.4 is 0 Å². The summed E-state index contributed by atoms with van der Waals surface area (Å²) >= 11 is 0. The molecule has 5 nitrogen and oxygen atoms in total. The van der Waals surface area contributed by atoms with Crippen molar-refractivity contribution in [2.24, 2.45) is 0 Å². The number of rotatable bonds is 7. The van der Waals surface area contributed by atoms with Crippen LogP contribution in [0, 0.1) is 0 Å². The van der Waals surface area contributed by atoms with Gasteiger partial charge < -0.3 is 13.8 Å². The molecule has 0 spiro atoms. The fraction of sp³-hybridized carbons (Fsp3) is 0.700. The van der Waals surface area contributed by atoms with Gasteiger partial charge in [-0.15, -0.1) is 0 Å². The number of esters is 1. The molecule has 6 heteroatoms. The van der Waals surface area contributed by atoms with Gasteiger partial charge in [-0.1, -0.05) is 6.08 Å². The lowest BCUT2D eigenvalue weighted by molar-refractivity contribution is -0.136. The minimum atomic E-state index is -3.11. The highest BCUT2D eigenvalue weighted by molar-refractivity contribution is 7.54. The van der Waals surface area contributed by atoms with Gasteiger partial charge in [0.2, 0.25) is 0 Å². The average Bonchev–Trinajstić information content (AvgIpc) is 2.25. The van der Waals surface area contributed by atoms with Gasteiger partial charge in [-0.05, 0) is 20.8 Å². The van der Waals surface area contributed by atoms with Crippen molar-refractivity contribution < 1.29 is 23.1 Å². The average molecular weight is 250 g/mol. The summed E-state index contributed by atoms with van der Waals surface area (Å²) in [6, 6.07) is 0. The van der Waals surface area contributed by atoms with E-state index in [2.05, 4.69) is 4.74 Å². The van der Waals surface area contributed by atoms with E-state index >= 15 is 0 Å². The van der Waals surface area contributed by atoms with Gasteiger partial charge >= 0.3 is 13.6 Å². The minimum absolute atomic E-state index is 0.0790. The minimum Gasteiger partial charge on any atom is -0.466 e. The lowest BCUT2D eigenvalue weighted by Crippen LogP contribution is -2.04. The van der Waals surface area contributed by atoms with Crippen LogP contribution in [0.2, 0.25) is 0 Å². The predicted molar refractivity (Wildman–Crippen MR) is 61.5 cm³/mol. The van der Waals surface area contributed by atoms with Gasteiger partial charge in [0.25, 0.3) is 0 Å². The van der Waals surface area contributed by atoms with Crippen LogP contribution >= 0.6 is 7.60 Å². The van der Waals surface area contributed by atoms with Crippen molar-refractivity contribution in [1.82, 2.24) is 0 Å². The van der Waals surface area contributed by atoms with Crippen molar-refractivity contribution >= 4 is 13.6 Å². The van der Waals surface area contributed by atoms with E-state index in [4.69, 9.17) is 9.05 Å². The highest BCUT2D eigenvalue weighted by Crippen LogP contribution is 2.48. The number of carbonyl (C=O) groups excluding carboxylic acids is 1. The normalized spacial score (nSPS) is 12.6. The predicted octanol–water partition coefficient (Wildman–Crippen LogP) is 2.37. The van der Waals surface area contributed by atoms with Crippen LogP contribution in [0.4, 0.5) is 0 Å². The summed E-state index contributed by atoms with van der Waals surface area (Å²) < 4.78 is 26.6. The highest BCUT2D eigenvalue weighted by Gasteiger charge is 2.22. The van der Waals surface area contributed by atoms with Gasteiger partial charge in [-0.2, -0.15) is 0 Å². The first kappa shape index (κ1) is 15.4. The molecule has 0 saturated heterocycles. The maximum Gasteiger partial charge on any atom is 0.334 e. The summed E-state index contributed by atoms with van der Waals surface area (Å²) in [7, 11) is -1.81. The van der Waals surface area contributed by atoms with Gasteiger partial charge in [0.1, 0.15) is 0 Å². The van der Waals surface area contributed by atoms with Crippen molar-refractivity contribution in [1.29, 1.82) is 0 Å². The van der Waals surface area contributed by atoms with E-state index in [1.807, 2.05) is 0 Å². The maximum atomic E-state index is 12.0. The van der Waals surface area contributed by atoms with Crippen molar-refractivity contribution in [3.05, 3.63) is 11.6 Å². The molecule has 0 atom stereocenters. The Hall–Kier alpha value is -0.640. The van der Waals surface area contributed by atoms with E-state index in [0.717, 1.165) is 0 Å². The molecule has 0 radical (unpaired) electrons. The summed E-state index contributed by atoms with van der Waals surface area (Å²) in [4.78, 5) is 11.1. The fourth-order valence-corrected chi connectivity index (χ4v) is 2.60. The van der Waals surface area contributed by atoms with Gasteiger partial charge in [0.15, 0.2) is 0 Å². The third-order valence-electron chi connectivity index (χ3n) is 1.78. The molecule has 0 N–H and O–H groups in total. The zero-order valence-corrected chi connectivity index (χ0v) is 11.1. The Kier molecular flexibility index (Phi) is 7.30. The van der Waals surface area contributed by atoms with Crippen LogP contribution in [0.25, 0.3) is 0 Å². The number of ether oxygens (including phenoxy) is 1. The van der Waals surface area contributed by atoms with Gasteiger partial charge in [-0.25, -0.2) is 4.79 Å². The number of methoxy groups -OCH3 is 1. The Morgan fingerprint density at radius 2 is 1.75 bits per heavy atom. The molecule has 0 saturated carbocycles. The molecule has 0 aromatic carbocycles.